The van der Waals surface area contributed by atoms with Gasteiger partial charge in [0.15, 0.2) is 0 Å². The number of carboxylic acid groups (broad SMARTS) is 1. The van der Waals surface area contributed by atoms with Crippen LogP contribution >= 0.6 is 0 Å². The van der Waals surface area contributed by atoms with Crippen LogP contribution in [0.2, 0.25) is 0 Å². The van der Waals surface area contributed by atoms with Crippen LogP contribution in [-0.4, -0.2) is 64.6 Å². The first-order chi connectivity index (χ1) is 16.5. The van der Waals surface area contributed by atoms with Crippen LogP contribution in [0, 0.1) is 11.8 Å². The summed E-state index contributed by atoms with van der Waals surface area (Å²) >= 11 is 0. The SMILES string of the molecule is FC(F)(F)c1cc(C#CCN2CCOCC2)c2c(c1)ncn2-c1ccccc1.O=C(O)C(F)(F)F. The van der Waals surface area contributed by atoms with Crippen LogP contribution in [0.3, 0.4) is 0 Å². The molecule has 0 amide bonds. The van der Waals surface area contributed by atoms with Crippen LogP contribution in [0.5, 0.6) is 0 Å². The number of aromatic nitrogens is 2. The Balaban J connectivity index is 0.000000429. The molecule has 0 atom stereocenters. The first-order valence-electron chi connectivity index (χ1n) is 10.2. The lowest BCUT2D eigenvalue weighted by molar-refractivity contribution is -0.192. The van der Waals surface area contributed by atoms with Crippen LogP contribution < -0.4 is 0 Å². The first-order valence-corrected chi connectivity index (χ1v) is 10.2. The van der Waals surface area contributed by atoms with Crippen molar-refractivity contribution >= 4 is 17.0 Å². The van der Waals surface area contributed by atoms with Gasteiger partial charge in [-0.05, 0) is 24.3 Å². The third-order valence-corrected chi connectivity index (χ3v) is 4.88. The summed E-state index contributed by atoms with van der Waals surface area (Å²) < 4.78 is 78.8. The van der Waals surface area contributed by atoms with E-state index < -0.39 is 23.9 Å². The molecule has 4 rings (SSSR count). The minimum Gasteiger partial charge on any atom is -0.475 e. The lowest BCUT2D eigenvalue weighted by Gasteiger charge is -2.24. The summed E-state index contributed by atoms with van der Waals surface area (Å²) in [5.41, 5.74) is 1.25. The van der Waals surface area contributed by atoms with Crippen molar-refractivity contribution in [2.75, 3.05) is 32.8 Å². The number of ether oxygens (including phenoxy) is 1. The van der Waals surface area contributed by atoms with E-state index in [1.165, 1.54) is 6.33 Å². The number of hydrogen-bond acceptors (Lipinski definition) is 4. The van der Waals surface area contributed by atoms with E-state index in [0.717, 1.165) is 30.9 Å². The number of nitrogens with zero attached hydrogens (tertiary/aromatic N) is 3. The van der Waals surface area contributed by atoms with E-state index in [4.69, 9.17) is 14.6 Å². The van der Waals surface area contributed by atoms with Gasteiger partial charge in [-0.2, -0.15) is 26.3 Å². The van der Waals surface area contributed by atoms with Crippen molar-refractivity contribution in [3.63, 3.8) is 0 Å². The lowest BCUT2D eigenvalue weighted by Crippen LogP contribution is -2.36. The molecule has 1 fully saturated rings. The molecule has 12 heteroatoms. The van der Waals surface area contributed by atoms with E-state index in [1.54, 1.807) is 4.57 Å². The molecule has 0 unspecified atom stereocenters. The molecule has 6 nitrogen and oxygen atoms in total. The van der Waals surface area contributed by atoms with E-state index >= 15 is 0 Å². The van der Waals surface area contributed by atoms with Crippen LogP contribution in [-0.2, 0) is 15.7 Å². The van der Waals surface area contributed by atoms with Gasteiger partial charge in [0, 0.05) is 18.8 Å². The Hall–Kier alpha value is -3.56. The van der Waals surface area contributed by atoms with Crippen LogP contribution in [0.4, 0.5) is 26.3 Å². The fraction of sp³-hybridized carbons (Fsp3) is 0.304. The molecule has 1 aromatic heterocycles. The summed E-state index contributed by atoms with van der Waals surface area (Å²) in [5, 5.41) is 7.12. The molecule has 0 saturated carbocycles. The second kappa shape index (κ2) is 10.8. The molecular weight excluding hydrogens is 480 g/mol. The van der Waals surface area contributed by atoms with Gasteiger partial charge in [-0.15, -0.1) is 0 Å². The van der Waals surface area contributed by atoms with E-state index in [9.17, 15) is 26.3 Å². The van der Waals surface area contributed by atoms with Gasteiger partial charge in [-0.1, -0.05) is 30.0 Å². The zero-order valence-corrected chi connectivity index (χ0v) is 18.0. The maximum absolute atomic E-state index is 13.3. The molecule has 0 bridgehead atoms. The Kier molecular flexibility index (Phi) is 8.03. The molecule has 2 heterocycles. The maximum atomic E-state index is 13.3. The number of rotatable bonds is 2. The quantitative estimate of drug-likeness (QED) is 0.419. The fourth-order valence-electron chi connectivity index (χ4n) is 3.20. The van der Waals surface area contributed by atoms with Crippen molar-refractivity contribution in [3.8, 4) is 17.5 Å². The third-order valence-electron chi connectivity index (χ3n) is 4.88. The summed E-state index contributed by atoms with van der Waals surface area (Å²) in [7, 11) is 0. The molecule has 1 saturated heterocycles. The molecule has 2 aromatic carbocycles. The predicted octanol–water partition coefficient (Wildman–Crippen LogP) is 4.36. The van der Waals surface area contributed by atoms with E-state index in [-0.39, 0.29) is 5.52 Å². The molecule has 1 N–H and O–H groups in total. The molecular formula is C23H19F6N3O3. The number of hydrogen-bond donors (Lipinski definition) is 1. The summed E-state index contributed by atoms with van der Waals surface area (Å²) in [6.07, 6.45) is -8.00. The van der Waals surface area contributed by atoms with Crippen molar-refractivity contribution in [3.05, 3.63) is 59.9 Å². The van der Waals surface area contributed by atoms with Crippen molar-refractivity contribution in [1.29, 1.82) is 0 Å². The summed E-state index contributed by atoms with van der Waals surface area (Å²) in [6, 6.07) is 11.6. The number of carbonyl (C=O) groups is 1. The highest BCUT2D eigenvalue weighted by molar-refractivity contribution is 5.85. The third kappa shape index (κ3) is 6.97. The Bertz CT molecular complexity index is 1220. The molecule has 3 aromatic rings. The molecule has 0 aliphatic carbocycles. The zero-order chi connectivity index (χ0) is 25.6. The number of morpholine rings is 1. The van der Waals surface area contributed by atoms with Gasteiger partial charge in [-0.3, -0.25) is 9.47 Å². The van der Waals surface area contributed by atoms with Crippen LogP contribution in [0.15, 0.2) is 48.8 Å². The average Bonchev–Trinajstić information content (AvgIpc) is 3.24. The highest BCUT2D eigenvalue weighted by Gasteiger charge is 2.38. The highest BCUT2D eigenvalue weighted by Crippen LogP contribution is 2.33. The topological polar surface area (TPSA) is 67.6 Å². The smallest absolute Gasteiger partial charge is 0.475 e. The highest BCUT2D eigenvalue weighted by atomic mass is 19.4. The Morgan fingerprint density at radius 1 is 1.06 bits per heavy atom. The van der Waals surface area contributed by atoms with Gasteiger partial charge in [0.25, 0.3) is 0 Å². The summed E-state index contributed by atoms with van der Waals surface area (Å²) in [4.78, 5) is 15.2. The molecule has 35 heavy (non-hydrogen) atoms. The van der Waals surface area contributed by atoms with Crippen molar-refractivity contribution < 1.29 is 41.0 Å². The van der Waals surface area contributed by atoms with Gasteiger partial charge in [0.05, 0.1) is 41.9 Å². The second-order valence-corrected chi connectivity index (χ2v) is 7.33. The number of alkyl halides is 6. The number of carboxylic acids is 1. The predicted molar refractivity (Wildman–Crippen MR) is 114 cm³/mol. The van der Waals surface area contributed by atoms with Gasteiger partial charge in [0.2, 0.25) is 0 Å². The van der Waals surface area contributed by atoms with Gasteiger partial charge in [0.1, 0.15) is 6.33 Å². The zero-order valence-electron chi connectivity index (χ0n) is 18.0. The van der Waals surface area contributed by atoms with Crippen molar-refractivity contribution in [1.82, 2.24) is 14.5 Å². The monoisotopic (exact) mass is 499 g/mol. The first kappa shape index (κ1) is 26.1. The van der Waals surface area contributed by atoms with Crippen LogP contribution in [0.1, 0.15) is 11.1 Å². The van der Waals surface area contributed by atoms with E-state index in [1.807, 2.05) is 30.3 Å². The van der Waals surface area contributed by atoms with Gasteiger partial charge < -0.3 is 9.84 Å². The molecule has 0 spiro atoms. The molecule has 0 radical (unpaired) electrons. The normalized spacial score (nSPS) is 14.6. The van der Waals surface area contributed by atoms with Gasteiger partial charge in [-0.25, -0.2) is 9.78 Å². The molecule has 186 valence electrons. The minimum absolute atomic E-state index is 0.273. The van der Waals surface area contributed by atoms with Gasteiger partial charge >= 0.3 is 18.3 Å². The maximum Gasteiger partial charge on any atom is 0.490 e. The number of halogens is 6. The Morgan fingerprint density at radius 3 is 2.26 bits per heavy atom. The number of fused-ring (bicyclic) bond motifs is 1. The lowest BCUT2D eigenvalue weighted by atomic mass is 10.1. The largest absolute Gasteiger partial charge is 0.490 e. The number of imidazole rings is 1. The second-order valence-electron chi connectivity index (χ2n) is 7.33. The number of para-hydroxylation sites is 1. The standard InChI is InChI=1S/C21H18F3N3O.C2HF3O2/c22-21(23,24)17-13-16(5-4-8-26-9-11-28-12-10-26)20-19(14-17)25-15-27(20)18-6-2-1-3-7-18;3-2(4,5)1(6)7/h1-3,6-7,13-15H,8-12H2;(H,6,7). The Morgan fingerprint density at radius 2 is 1.69 bits per heavy atom. The van der Waals surface area contributed by atoms with E-state index in [0.29, 0.717) is 30.8 Å². The number of aliphatic carboxylic acids is 1. The summed E-state index contributed by atoms with van der Waals surface area (Å²) in [6.45, 7) is 3.33. The fourth-order valence-corrected chi connectivity index (χ4v) is 3.20. The summed E-state index contributed by atoms with van der Waals surface area (Å²) in [5.74, 6) is 3.22. The van der Waals surface area contributed by atoms with E-state index in [2.05, 4.69) is 21.7 Å². The number of benzene rings is 2. The molecule has 1 aliphatic heterocycles. The van der Waals surface area contributed by atoms with Crippen molar-refractivity contribution in [2.45, 2.75) is 12.4 Å². The average molecular weight is 499 g/mol. The van der Waals surface area contributed by atoms with Crippen molar-refractivity contribution in [2.24, 2.45) is 0 Å². The molecule has 1 aliphatic rings. The Labute approximate surface area is 195 Å². The minimum atomic E-state index is -5.08. The van der Waals surface area contributed by atoms with Crippen LogP contribution in [0.25, 0.3) is 16.7 Å².